The maximum atomic E-state index is 12.7. The molecule has 0 saturated heterocycles. The predicted octanol–water partition coefficient (Wildman–Crippen LogP) is 3.77. The number of hydrogen-bond acceptors (Lipinski definition) is 3. The largest absolute Gasteiger partial charge is 0.475 e. The first-order valence-electron chi connectivity index (χ1n) is 7.67. The molecule has 0 radical (unpaired) electrons. The molecular formula is C18H19ClO4. The van der Waals surface area contributed by atoms with E-state index < -0.39 is 11.8 Å². The van der Waals surface area contributed by atoms with E-state index in [0.29, 0.717) is 29.3 Å². The maximum Gasteiger partial charge on any atom is 0.377 e. The van der Waals surface area contributed by atoms with E-state index in [1.54, 1.807) is 24.3 Å². The first kappa shape index (κ1) is 17.4. The summed E-state index contributed by atoms with van der Waals surface area (Å²) in [5.41, 5.74) is 0.276. The van der Waals surface area contributed by atoms with E-state index in [2.05, 4.69) is 6.92 Å². The minimum atomic E-state index is -1.62. The molecule has 0 amide bonds. The van der Waals surface area contributed by atoms with Crippen molar-refractivity contribution in [1.82, 2.24) is 0 Å². The Morgan fingerprint density at radius 2 is 2.00 bits per heavy atom. The van der Waals surface area contributed by atoms with Gasteiger partial charge in [0, 0.05) is 10.9 Å². The van der Waals surface area contributed by atoms with Crippen molar-refractivity contribution < 1.29 is 19.5 Å². The van der Waals surface area contributed by atoms with Crippen LogP contribution in [0.1, 0.15) is 38.2 Å². The summed E-state index contributed by atoms with van der Waals surface area (Å²) in [4.78, 5) is 35.8. The predicted molar refractivity (Wildman–Crippen MR) is 88.2 cm³/mol. The second-order valence-corrected chi connectivity index (χ2v) is 6.52. The van der Waals surface area contributed by atoms with Gasteiger partial charge in [-0.05, 0) is 42.5 Å². The number of aliphatic carboxylic acids is 1. The second-order valence-electron chi connectivity index (χ2n) is 6.08. The minimum Gasteiger partial charge on any atom is -0.475 e. The molecule has 122 valence electrons. The normalized spacial score (nSPS) is 21.7. The fourth-order valence-corrected chi connectivity index (χ4v) is 3.22. The molecule has 2 rings (SSSR count). The molecule has 0 unspecified atom stereocenters. The lowest BCUT2D eigenvalue weighted by Gasteiger charge is -2.25. The number of carboxylic acid groups (broad SMARTS) is 1. The highest BCUT2D eigenvalue weighted by atomic mass is 35.5. The number of hydrogen-bond donors (Lipinski definition) is 1. The van der Waals surface area contributed by atoms with Crippen molar-refractivity contribution in [3.8, 4) is 0 Å². The maximum absolute atomic E-state index is 12.7. The van der Waals surface area contributed by atoms with Gasteiger partial charge < -0.3 is 5.11 Å². The van der Waals surface area contributed by atoms with Gasteiger partial charge in [0.15, 0.2) is 5.78 Å². The number of carboxylic acids is 1. The summed E-state index contributed by atoms with van der Waals surface area (Å²) in [6.07, 6.45) is 4.71. The number of carbonyl (C=O) groups is 3. The average molecular weight is 335 g/mol. The number of halogens is 1. The highest BCUT2D eigenvalue weighted by molar-refractivity contribution is 6.48. The Kier molecular flexibility index (Phi) is 5.72. The van der Waals surface area contributed by atoms with Gasteiger partial charge in [-0.1, -0.05) is 43.5 Å². The van der Waals surface area contributed by atoms with Gasteiger partial charge in [-0.3, -0.25) is 9.59 Å². The van der Waals surface area contributed by atoms with Crippen molar-refractivity contribution >= 4 is 35.2 Å². The Bertz CT molecular complexity index is 663. The van der Waals surface area contributed by atoms with Crippen molar-refractivity contribution in [2.24, 2.45) is 11.8 Å². The summed E-state index contributed by atoms with van der Waals surface area (Å²) < 4.78 is 0. The first-order chi connectivity index (χ1) is 10.9. The number of Topliss-reactive ketones (excluding diaryl/α,β-unsaturated/α-hetero) is 2. The molecule has 1 aromatic rings. The molecule has 0 spiro atoms. The minimum absolute atomic E-state index is 0.265. The van der Waals surface area contributed by atoms with Crippen molar-refractivity contribution in [2.75, 3.05) is 0 Å². The smallest absolute Gasteiger partial charge is 0.377 e. The van der Waals surface area contributed by atoms with Gasteiger partial charge in [0.05, 0.1) is 5.57 Å². The van der Waals surface area contributed by atoms with E-state index in [9.17, 15) is 14.4 Å². The van der Waals surface area contributed by atoms with Gasteiger partial charge in [-0.2, -0.15) is 0 Å². The SMILES string of the molecule is C[C@H]1CCC[C@H](C(=O)/C(=C/c2cccc(Cl)c2)C(=O)C(=O)O)C1. The number of ketones is 2. The van der Waals surface area contributed by atoms with Gasteiger partial charge in [-0.25, -0.2) is 4.79 Å². The quantitative estimate of drug-likeness (QED) is 0.385. The molecule has 1 fully saturated rings. The van der Waals surface area contributed by atoms with Crippen LogP contribution in [0.5, 0.6) is 0 Å². The summed E-state index contributed by atoms with van der Waals surface area (Å²) in [5.74, 6) is -3.02. The average Bonchev–Trinajstić information content (AvgIpc) is 2.51. The topological polar surface area (TPSA) is 71.4 Å². The molecule has 1 saturated carbocycles. The zero-order chi connectivity index (χ0) is 17.0. The van der Waals surface area contributed by atoms with Gasteiger partial charge in [0.1, 0.15) is 0 Å². The Balaban J connectivity index is 2.36. The van der Waals surface area contributed by atoms with E-state index in [-0.39, 0.29) is 17.3 Å². The zero-order valence-corrected chi connectivity index (χ0v) is 13.7. The lowest BCUT2D eigenvalue weighted by Crippen LogP contribution is -2.29. The standard InChI is InChI=1S/C18H19ClO4/c1-11-4-2-6-13(8-11)16(20)15(17(21)18(22)23)10-12-5-3-7-14(19)9-12/h3,5,7,9-11,13H,2,4,6,8H2,1H3,(H,22,23)/b15-10-/t11-,13-/m0/s1. The molecule has 0 aliphatic heterocycles. The third-order valence-corrected chi connectivity index (χ3v) is 4.41. The Morgan fingerprint density at radius 3 is 2.61 bits per heavy atom. The highest BCUT2D eigenvalue weighted by Crippen LogP contribution is 2.31. The molecule has 2 atom stereocenters. The van der Waals surface area contributed by atoms with E-state index in [1.807, 2.05) is 0 Å². The van der Waals surface area contributed by atoms with Crippen LogP contribution < -0.4 is 0 Å². The fraction of sp³-hybridized carbons (Fsp3) is 0.389. The van der Waals surface area contributed by atoms with E-state index in [1.165, 1.54) is 6.08 Å². The van der Waals surface area contributed by atoms with Crippen LogP contribution in [0.3, 0.4) is 0 Å². The second kappa shape index (κ2) is 7.55. The van der Waals surface area contributed by atoms with E-state index in [0.717, 1.165) is 12.8 Å². The van der Waals surface area contributed by atoms with Gasteiger partial charge in [0.2, 0.25) is 0 Å². The summed E-state index contributed by atoms with van der Waals surface area (Å²) in [5, 5.41) is 9.47. The number of rotatable bonds is 5. The summed E-state index contributed by atoms with van der Waals surface area (Å²) >= 11 is 5.90. The van der Waals surface area contributed by atoms with Crippen LogP contribution in [-0.2, 0) is 14.4 Å². The van der Waals surface area contributed by atoms with Crippen LogP contribution in [0.2, 0.25) is 5.02 Å². The third kappa shape index (κ3) is 4.52. The number of carbonyl (C=O) groups excluding carboxylic acids is 2. The third-order valence-electron chi connectivity index (χ3n) is 4.17. The van der Waals surface area contributed by atoms with Crippen LogP contribution in [0, 0.1) is 11.8 Å². The molecule has 1 aromatic carbocycles. The van der Waals surface area contributed by atoms with Crippen molar-refractivity contribution in [2.45, 2.75) is 32.6 Å². The van der Waals surface area contributed by atoms with Crippen LogP contribution in [0.15, 0.2) is 29.8 Å². The Labute approximate surface area is 140 Å². The lowest BCUT2D eigenvalue weighted by atomic mass is 9.78. The molecule has 1 aliphatic rings. The monoisotopic (exact) mass is 334 g/mol. The van der Waals surface area contributed by atoms with Crippen LogP contribution in [0.4, 0.5) is 0 Å². The van der Waals surface area contributed by atoms with Gasteiger partial charge >= 0.3 is 5.97 Å². The van der Waals surface area contributed by atoms with Gasteiger partial charge in [-0.15, -0.1) is 0 Å². The van der Waals surface area contributed by atoms with E-state index >= 15 is 0 Å². The van der Waals surface area contributed by atoms with Gasteiger partial charge in [0.25, 0.3) is 5.78 Å². The molecule has 4 nitrogen and oxygen atoms in total. The molecular weight excluding hydrogens is 316 g/mol. The lowest BCUT2D eigenvalue weighted by molar-refractivity contribution is -0.148. The molecule has 5 heteroatoms. The van der Waals surface area contributed by atoms with Crippen molar-refractivity contribution in [3.05, 3.63) is 40.4 Å². The fourth-order valence-electron chi connectivity index (χ4n) is 3.02. The molecule has 0 heterocycles. The van der Waals surface area contributed by atoms with Crippen molar-refractivity contribution in [1.29, 1.82) is 0 Å². The van der Waals surface area contributed by atoms with E-state index in [4.69, 9.17) is 16.7 Å². The van der Waals surface area contributed by atoms with Crippen LogP contribution >= 0.6 is 11.6 Å². The molecule has 0 aromatic heterocycles. The first-order valence-corrected chi connectivity index (χ1v) is 8.05. The summed E-state index contributed by atoms with van der Waals surface area (Å²) in [6, 6.07) is 6.62. The van der Waals surface area contributed by atoms with Crippen LogP contribution in [-0.4, -0.2) is 22.6 Å². The molecule has 23 heavy (non-hydrogen) atoms. The molecule has 1 aliphatic carbocycles. The highest BCUT2D eigenvalue weighted by Gasteiger charge is 2.32. The summed E-state index contributed by atoms with van der Waals surface area (Å²) in [6.45, 7) is 2.07. The van der Waals surface area contributed by atoms with Crippen LogP contribution in [0.25, 0.3) is 6.08 Å². The Hall–Kier alpha value is -1.94. The number of benzene rings is 1. The Morgan fingerprint density at radius 1 is 1.26 bits per heavy atom. The molecule has 1 N–H and O–H groups in total. The summed E-state index contributed by atoms with van der Waals surface area (Å²) in [7, 11) is 0. The van der Waals surface area contributed by atoms with Crippen molar-refractivity contribution in [3.63, 3.8) is 0 Å². The molecule has 0 bridgehead atoms. The zero-order valence-electron chi connectivity index (χ0n) is 12.9.